The van der Waals surface area contributed by atoms with Gasteiger partial charge in [0.1, 0.15) is 30.0 Å². The molecule has 4 aromatic carbocycles. The summed E-state index contributed by atoms with van der Waals surface area (Å²) < 4.78 is 24.7. The Morgan fingerprint density at radius 3 is 2.67 bits per heavy atom. The molecule has 2 heterocycles. The highest BCUT2D eigenvalue weighted by molar-refractivity contribution is 5.83. The van der Waals surface area contributed by atoms with Crippen molar-refractivity contribution in [2.45, 2.75) is 37.4 Å². The Bertz CT molecular complexity index is 1880. The molecule has 5 aromatic rings. The first-order valence-corrected chi connectivity index (χ1v) is 15.6. The van der Waals surface area contributed by atoms with Crippen LogP contribution in [-0.2, 0) is 24.0 Å². The number of methoxy groups -OCH3 is 1. The number of hydrogen-bond acceptors (Lipinski definition) is 8. The third kappa shape index (κ3) is 5.51. The lowest BCUT2D eigenvalue weighted by atomic mass is 9.73. The predicted molar refractivity (Wildman–Crippen MR) is 175 cm³/mol. The molecule has 3 unspecified atom stereocenters. The van der Waals surface area contributed by atoms with Crippen LogP contribution in [0.4, 0.5) is 0 Å². The summed E-state index contributed by atoms with van der Waals surface area (Å²) in [5.74, 6) is 2.04. The van der Waals surface area contributed by atoms with E-state index in [0.717, 1.165) is 50.7 Å². The van der Waals surface area contributed by atoms with Crippen molar-refractivity contribution in [3.63, 3.8) is 0 Å². The minimum atomic E-state index is -0.476. The average Bonchev–Trinajstić information content (AvgIpc) is 3.54. The van der Waals surface area contributed by atoms with Gasteiger partial charge in [0, 0.05) is 35.3 Å². The second-order valence-electron chi connectivity index (χ2n) is 11.9. The molecular weight excluding hydrogens is 584 g/mol. The zero-order chi connectivity index (χ0) is 31.8. The summed E-state index contributed by atoms with van der Waals surface area (Å²) in [6.07, 6.45) is 3.21. The van der Waals surface area contributed by atoms with E-state index in [1.807, 2.05) is 37.5 Å². The molecule has 1 aromatic heterocycles. The van der Waals surface area contributed by atoms with Gasteiger partial charge in [0.15, 0.2) is 17.6 Å². The second kappa shape index (κ2) is 12.6. The number of fused-ring (bicyclic) bond motifs is 6. The highest BCUT2D eigenvalue weighted by Gasteiger charge is 2.38. The zero-order valence-electron chi connectivity index (χ0n) is 25.9. The standard InChI is InChI=1S/C37H38N2O7/c1-38-20-45-35-18-28-29-15-24(14-21-3-7-30-22(13-21)9-10-39-30)27-17-25(41)5-6-26(27)36(29)34(44-12-11-40)19-32(28)46-37(35)23-4-8-31(42)33(16-23)43-2/h3-10,13,16-17,19,24,35,37-42H,11-12,14-15,18,20H2,1-2H3. The Morgan fingerprint density at radius 1 is 0.957 bits per heavy atom. The molecule has 0 amide bonds. The van der Waals surface area contributed by atoms with Crippen molar-refractivity contribution in [1.82, 2.24) is 10.3 Å². The fraction of sp³-hybridized carbons (Fsp3) is 0.297. The van der Waals surface area contributed by atoms with Crippen molar-refractivity contribution < 1.29 is 34.3 Å². The van der Waals surface area contributed by atoms with Crippen LogP contribution in [0.15, 0.2) is 72.9 Å². The molecule has 7 rings (SSSR count). The molecule has 2 aliphatic rings. The van der Waals surface area contributed by atoms with E-state index in [1.165, 1.54) is 12.7 Å². The monoisotopic (exact) mass is 622 g/mol. The summed E-state index contributed by atoms with van der Waals surface area (Å²) in [5, 5.41) is 34.8. The number of phenolic OH excluding ortho intramolecular Hbond substituents is 2. The van der Waals surface area contributed by atoms with Gasteiger partial charge < -0.3 is 39.3 Å². The van der Waals surface area contributed by atoms with Gasteiger partial charge in [-0.25, -0.2) is 0 Å². The van der Waals surface area contributed by atoms with Crippen LogP contribution in [0, 0.1) is 0 Å². The summed E-state index contributed by atoms with van der Waals surface area (Å²) in [6, 6.07) is 21.3. The minimum absolute atomic E-state index is 0.0512. The Kier molecular flexibility index (Phi) is 8.21. The van der Waals surface area contributed by atoms with Crippen LogP contribution in [0.5, 0.6) is 28.7 Å². The van der Waals surface area contributed by atoms with Crippen molar-refractivity contribution in [2.24, 2.45) is 0 Å². The Balaban J connectivity index is 1.35. The van der Waals surface area contributed by atoms with Gasteiger partial charge >= 0.3 is 0 Å². The van der Waals surface area contributed by atoms with E-state index in [9.17, 15) is 15.3 Å². The summed E-state index contributed by atoms with van der Waals surface area (Å²) in [5.41, 5.74) is 8.32. The van der Waals surface area contributed by atoms with Gasteiger partial charge in [-0.1, -0.05) is 18.2 Å². The summed E-state index contributed by atoms with van der Waals surface area (Å²) in [6.45, 7) is 0.335. The van der Waals surface area contributed by atoms with E-state index < -0.39 is 6.10 Å². The van der Waals surface area contributed by atoms with Gasteiger partial charge in [0.05, 0.1) is 20.4 Å². The Labute approximate surface area is 267 Å². The van der Waals surface area contributed by atoms with Crippen LogP contribution >= 0.6 is 0 Å². The fourth-order valence-corrected chi connectivity index (χ4v) is 7.03. The number of aromatic hydroxyl groups is 2. The lowest BCUT2D eigenvalue weighted by molar-refractivity contribution is -0.0428. The maximum atomic E-state index is 10.6. The molecule has 1 aliphatic heterocycles. The van der Waals surface area contributed by atoms with E-state index >= 15 is 0 Å². The van der Waals surface area contributed by atoms with Crippen LogP contribution in [0.2, 0.25) is 0 Å². The summed E-state index contributed by atoms with van der Waals surface area (Å²) in [7, 11) is 3.36. The average molecular weight is 623 g/mol. The number of benzene rings is 4. The predicted octanol–water partition coefficient (Wildman–Crippen LogP) is 5.75. The maximum Gasteiger partial charge on any atom is 0.160 e. The SMILES string of the molecule is CNCOC1Cc2c(cc(OCCO)c3c2CC(Cc2ccc4[nH]ccc4c2)c2cc(O)ccc2-3)OC1c1ccc(O)c(OC)c1. The van der Waals surface area contributed by atoms with Gasteiger partial charge in [0.2, 0.25) is 0 Å². The lowest BCUT2D eigenvalue weighted by Crippen LogP contribution is -2.36. The van der Waals surface area contributed by atoms with Crippen LogP contribution in [0.25, 0.3) is 22.0 Å². The number of nitrogens with one attached hydrogen (secondary N) is 2. The molecule has 238 valence electrons. The van der Waals surface area contributed by atoms with Crippen molar-refractivity contribution in [3.8, 4) is 39.9 Å². The molecule has 1 aliphatic carbocycles. The highest BCUT2D eigenvalue weighted by Crippen LogP contribution is 2.52. The first-order valence-electron chi connectivity index (χ1n) is 15.6. The number of phenols is 2. The normalized spacial score (nSPS) is 18.4. The quantitative estimate of drug-likeness (QED) is 0.125. The van der Waals surface area contributed by atoms with Gasteiger partial charge in [-0.15, -0.1) is 0 Å². The van der Waals surface area contributed by atoms with Crippen molar-refractivity contribution in [2.75, 3.05) is 34.1 Å². The van der Waals surface area contributed by atoms with Crippen LogP contribution in [0.3, 0.4) is 0 Å². The molecule has 0 spiro atoms. The van der Waals surface area contributed by atoms with E-state index in [-0.39, 0.29) is 36.7 Å². The van der Waals surface area contributed by atoms with Gasteiger partial charge in [-0.05, 0) is 101 Å². The molecule has 46 heavy (non-hydrogen) atoms. The first-order chi connectivity index (χ1) is 22.5. The van der Waals surface area contributed by atoms with E-state index in [1.54, 1.807) is 18.2 Å². The number of H-pyrrole nitrogens is 1. The molecule has 0 fully saturated rings. The van der Waals surface area contributed by atoms with Crippen molar-refractivity contribution in [1.29, 1.82) is 0 Å². The van der Waals surface area contributed by atoms with E-state index in [4.69, 9.17) is 18.9 Å². The van der Waals surface area contributed by atoms with Crippen molar-refractivity contribution in [3.05, 3.63) is 101 Å². The molecule has 0 saturated heterocycles. The molecule has 9 heteroatoms. The largest absolute Gasteiger partial charge is 0.508 e. The number of aliphatic hydroxyl groups is 1. The number of aliphatic hydroxyl groups excluding tert-OH is 1. The van der Waals surface area contributed by atoms with Gasteiger partial charge in [-0.3, -0.25) is 5.32 Å². The smallest absolute Gasteiger partial charge is 0.160 e. The number of aromatic nitrogens is 1. The third-order valence-corrected chi connectivity index (χ3v) is 9.09. The molecule has 0 radical (unpaired) electrons. The van der Waals surface area contributed by atoms with Gasteiger partial charge in [0.25, 0.3) is 0 Å². The second-order valence-corrected chi connectivity index (χ2v) is 11.9. The van der Waals surface area contributed by atoms with Crippen LogP contribution in [0.1, 0.15) is 39.8 Å². The topological polar surface area (TPSA) is 125 Å². The van der Waals surface area contributed by atoms with Crippen molar-refractivity contribution >= 4 is 10.9 Å². The van der Waals surface area contributed by atoms with E-state index in [2.05, 4.69) is 34.6 Å². The number of ether oxygens (including phenoxy) is 4. The molecule has 9 nitrogen and oxygen atoms in total. The van der Waals surface area contributed by atoms with Crippen LogP contribution < -0.4 is 19.5 Å². The maximum absolute atomic E-state index is 10.6. The lowest BCUT2D eigenvalue weighted by Gasteiger charge is -2.38. The highest BCUT2D eigenvalue weighted by atomic mass is 16.6. The fourth-order valence-electron chi connectivity index (χ4n) is 7.03. The Morgan fingerprint density at radius 2 is 1.85 bits per heavy atom. The van der Waals surface area contributed by atoms with E-state index in [0.29, 0.717) is 36.8 Å². The number of aromatic amines is 1. The van der Waals surface area contributed by atoms with Crippen LogP contribution in [-0.4, -0.2) is 60.5 Å². The molecule has 0 saturated carbocycles. The molecule has 3 atom stereocenters. The first kappa shape index (κ1) is 30.0. The number of rotatable bonds is 10. The molecular formula is C37H38N2O7. The molecule has 0 bridgehead atoms. The molecule has 5 N–H and O–H groups in total. The summed E-state index contributed by atoms with van der Waals surface area (Å²) in [4.78, 5) is 3.27. The summed E-state index contributed by atoms with van der Waals surface area (Å²) >= 11 is 0. The Hall–Kier alpha value is -4.70. The number of hydrogen-bond donors (Lipinski definition) is 5. The third-order valence-electron chi connectivity index (χ3n) is 9.09. The zero-order valence-corrected chi connectivity index (χ0v) is 25.9. The van der Waals surface area contributed by atoms with Gasteiger partial charge in [-0.2, -0.15) is 0 Å². The minimum Gasteiger partial charge on any atom is -0.508 e.